The van der Waals surface area contributed by atoms with Crippen molar-refractivity contribution in [2.75, 3.05) is 0 Å². The van der Waals surface area contributed by atoms with Gasteiger partial charge in [0.25, 0.3) is 0 Å². The number of ether oxygens (including phenoxy) is 1. The zero-order chi connectivity index (χ0) is 18.1. The molecule has 0 aliphatic carbocycles. The first-order valence-corrected chi connectivity index (χ1v) is 7.68. The summed E-state index contributed by atoms with van der Waals surface area (Å²) >= 11 is 0. The Morgan fingerprint density at radius 3 is 1.80 bits per heavy atom. The van der Waals surface area contributed by atoms with Crippen LogP contribution in [0.5, 0.6) is 0 Å². The molecule has 0 bridgehead atoms. The first-order valence-electron chi connectivity index (χ1n) is 7.68. The minimum atomic E-state index is -0.684. The van der Waals surface area contributed by atoms with Crippen LogP contribution in [-0.4, -0.2) is 16.9 Å². The predicted molar refractivity (Wildman–Crippen MR) is 97.4 cm³/mol. The summed E-state index contributed by atoms with van der Waals surface area (Å²) < 4.78 is 4.89. The van der Waals surface area contributed by atoms with Crippen LogP contribution >= 0.6 is 0 Å². The molecule has 0 atom stereocenters. The summed E-state index contributed by atoms with van der Waals surface area (Å²) in [5.41, 5.74) is 1.65. The van der Waals surface area contributed by atoms with Gasteiger partial charge in [-0.2, -0.15) is 0 Å². The van der Waals surface area contributed by atoms with E-state index < -0.39 is 23.3 Å². The largest absolute Gasteiger partial charge is 0.504 e. The maximum Gasteiger partial charge on any atom is 0.308 e. The Labute approximate surface area is 146 Å². The summed E-state index contributed by atoms with van der Waals surface area (Å²) in [5.74, 6) is -2.11. The molecular weight excluding hydrogens is 316 g/mol. The molecule has 0 fully saturated rings. The topological polar surface area (TPSA) is 63.6 Å². The van der Waals surface area contributed by atoms with E-state index in [1.807, 2.05) is 60.7 Å². The van der Waals surface area contributed by atoms with Crippen molar-refractivity contribution in [3.63, 3.8) is 0 Å². The molecule has 0 spiro atoms. The lowest BCUT2D eigenvalue weighted by atomic mass is 10.1. The second kappa shape index (κ2) is 9.03. The third kappa shape index (κ3) is 5.95. The second-order valence-electron chi connectivity index (χ2n) is 5.16. The molecular formula is C21H18O4. The molecule has 2 aromatic rings. The quantitative estimate of drug-likeness (QED) is 0.370. The van der Waals surface area contributed by atoms with Crippen LogP contribution in [0.2, 0.25) is 0 Å². The maximum atomic E-state index is 12.3. The zero-order valence-electron chi connectivity index (χ0n) is 13.8. The van der Waals surface area contributed by atoms with Crippen LogP contribution in [0.1, 0.15) is 18.1 Å². The van der Waals surface area contributed by atoms with Gasteiger partial charge in [0.15, 0.2) is 5.76 Å². The first-order chi connectivity index (χ1) is 12.1. The molecule has 126 valence electrons. The Morgan fingerprint density at radius 2 is 1.32 bits per heavy atom. The van der Waals surface area contributed by atoms with Gasteiger partial charge in [-0.05, 0) is 23.3 Å². The molecule has 0 saturated heterocycles. The van der Waals surface area contributed by atoms with E-state index >= 15 is 0 Å². The SMILES string of the molecule is CC(=O)O/C(C(=O)/C=C/c1ccccc1)=C(O)\C=C\c1ccccc1. The third-order valence-electron chi connectivity index (χ3n) is 3.16. The van der Waals surface area contributed by atoms with Gasteiger partial charge in [0.2, 0.25) is 11.5 Å². The summed E-state index contributed by atoms with van der Waals surface area (Å²) in [6, 6.07) is 18.4. The van der Waals surface area contributed by atoms with Gasteiger partial charge in [0, 0.05) is 6.92 Å². The fourth-order valence-corrected chi connectivity index (χ4v) is 2.00. The Kier molecular flexibility index (Phi) is 6.48. The van der Waals surface area contributed by atoms with Crippen molar-refractivity contribution in [1.82, 2.24) is 0 Å². The monoisotopic (exact) mass is 334 g/mol. The fourth-order valence-electron chi connectivity index (χ4n) is 2.00. The van der Waals surface area contributed by atoms with Gasteiger partial charge in [-0.3, -0.25) is 9.59 Å². The van der Waals surface area contributed by atoms with E-state index in [-0.39, 0.29) is 0 Å². The number of carbonyl (C=O) groups excluding carboxylic acids is 2. The average molecular weight is 334 g/mol. The van der Waals surface area contributed by atoms with Crippen LogP contribution in [0, 0.1) is 0 Å². The highest BCUT2D eigenvalue weighted by Gasteiger charge is 2.15. The molecule has 0 saturated carbocycles. The summed E-state index contributed by atoms with van der Waals surface area (Å²) in [5, 5.41) is 10.1. The van der Waals surface area contributed by atoms with Crippen LogP contribution in [0.25, 0.3) is 12.2 Å². The lowest BCUT2D eigenvalue weighted by Gasteiger charge is -2.05. The Hall–Kier alpha value is -3.40. The molecule has 25 heavy (non-hydrogen) atoms. The van der Waals surface area contributed by atoms with E-state index in [1.54, 1.807) is 12.2 Å². The first kappa shape index (κ1) is 17.9. The van der Waals surface area contributed by atoms with E-state index in [2.05, 4.69) is 0 Å². The number of rotatable bonds is 6. The highest BCUT2D eigenvalue weighted by Crippen LogP contribution is 2.12. The number of allylic oxidation sites excluding steroid dienone is 2. The van der Waals surface area contributed by atoms with Crippen molar-refractivity contribution in [3.05, 3.63) is 95.5 Å². The van der Waals surface area contributed by atoms with Crippen LogP contribution in [0.4, 0.5) is 0 Å². The molecule has 0 aromatic heterocycles. The van der Waals surface area contributed by atoms with E-state index in [4.69, 9.17) is 4.74 Å². The van der Waals surface area contributed by atoms with Crippen molar-refractivity contribution in [1.29, 1.82) is 0 Å². The van der Waals surface area contributed by atoms with Crippen LogP contribution < -0.4 is 0 Å². The second-order valence-corrected chi connectivity index (χ2v) is 5.16. The summed E-state index contributed by atoms with van der Waals surface area (Å²) in [6.07, 6.45) is 5.77. The van der Waals surface area contributed by atoms with Gasteiger partial charge in [0.05, 0.1) is 0 Å². The molecule has 2 aromatic carbocycles. The number of benzene rings is 2. The lowest BCUT2D eigenvalue weighted by Crippen LogP contribution is -2.10. The number of aliphatic hydroxyl groups excluding tert-OH is 1. The minimum absolute atomic E-state index is 0.410. The van der Waals surface area contributed by atoms with Gasteiger partial charge in [-0.1, -0.05) is 72.8 Å². The van der Waals surface area contributed by atoms with E-state index in [1.165, 1.54) is 19.1 Å². The van der Waals surface area contributed by atoms with Gasteiger partial charge >= 0.3 is 5.97 Å². The summed E-state index contributed by atoms with van der Waals surface area (Å²) in [4.78, 5) is 23.5. The smallest absolute Gasteiger partial charge is 0.308 e. The van der Waals surface area contributed by atoms with Crippen LogP contribution in [-0.2, 0) is 14.3 Å². The molecule has 4 heteroatoms. The Bertz CT molecular complexity index is 815. The molecule has 0 heterocycles. The zero-order valence-corrected chi connectivity index (χ0v) is 13.8. The standard InChI is InChI=1S/C21H18O4/c1-16(22)25-21(19(23)14-12-17-8-4-2-5-9-17)20(24)15-13-18-10-6-3-7-11-18/h2-15,23H,1H3/b14-12+,15-13+,21-19+. The number of esters is 1. The number of ketones is 1. The van der Waals surface area contributed by atoms with Crippen molar-refractivity contribution in [2.24, 2.45) is 0 Å². The average Bonchev–Trinajstić information content (AvgIpc) is 2.64. The van der Waals surface area contributed by atoms with Crippen LogP contribution in [0.3, 0.4) is 0 Å². The number of hydrogen-bond donors (Lipinski definition) is 1. The normalized spacial score (nSPS) is 12.2. The van der Waals surface area contributed by atoms with E-state index in [9.17, 15) is 14.7 Å². The van der Waals surface area contributed by atoms with Gasteiger partial charge in [0.1, 0.15) is 0 Å². The van der Waals surface area contributed by atoms with Crippen molar-refractivity contribution < 1.29 is 19.4 Å². The van der Waals surface area contributed by atoms with Crippen molar-refractivity contribution in [3.8, 4) is 0 Å². The Balaban J connectivity index is 2.24. The third-order valence-corrected chi connectivity index (χ3v) is 3.16. The number of hydrogen-bond acceptors (Lipinski definition) is 4. The van der Waals surface area contributed by atoms with Gasteiger partial charge < -0.3 is 9.84 Å². The Morgan fingerprint density at radius 1 is 0.840 bits per heavy atom. The molecule has 0 radical (unpaired) electrons. The molecule has 1 N–H and O–H groups in total. The van der Waals surface area contributed by atoms with E-state index in [0.29, 0.717) is 0 Å². The molecule has 0 amide bonds. The number of aliphatic hydroxyl groups is 1. The van der Waals surface area contributed by atoms with Crippen LogP contribution in [0.15, 0.2) is 84.3 Å². The number of carbonyl (C=O) groups is 2. The van der Waals surface area contributed by atoms with Gasteiger partial charge in [-0.15, -0.1) is 0 Å². The molecule has 2 rings (SSSR count). The molecule has 4 nitrogen and oxygen atoms in total. The molecule has 0 aliphatic heterocycles. The summed E-state index contributed by atoms with van der Waals surface area (Å²) in [7, 11) is 0. The van der Waals surface area contributed by atoms with Crippen molar-refractivity contribution in [2.45, 2.75) is 6.92 Å². The van der Waals surface area contributed by atoms with E-state index in [0.717, 1.165) is 11.1 Å². The highest BCUT2D eigenvalue weighted by atomic mass is 16.5. The highest BCUT2D eigenvalue weighted by molar-refractivity contribution is 6.06. The molecule has 0 unspecified atom stereocenters. The maximum absolute atomic E-state index is 12.3. The van der Waals surface area contributed by atoms with Crippen molar-refractivity contribution >= 4 is 23.9 Å². The minimum Gasteiger partial charge on any atom is -0.504 e. The lowest BCUT2D eigenvalue weighted by molar-refractivity contribution is -0.139. The summed E-state index contributed by atoms with van der Waals surface area (Å²) in [6.45, 7) is 1.17. The molecule has 0 aliphatic rings. The van der Waals surface area contributed by atoms with Gasteiger partial charge in [-0.25, -0.2) is 0 Å². The fraction of sp³-hybridized carbons (Fsp3) is 0.0476. The predicted octanol–water partition coefficient (Wildman–Crippen LogP) is 4.32.